The molecule has 0 bridgehead atoms. The maximum Gasteiger partial charge on any atom is 0.0284 e. The summed E-state index contributed by atoms with van der Waals surface area (Å²) >= 11 is 3.58. The van der Waals surface area contributed by atoms with Gasteiger partial charge in [0.25, 0.3) is 0 Å². The molecule has 16 heavy (non-hydrogen) atoms. The Bertz CT molecular complexity index is 376. The third kappa shape index (κ3) is 2.47. The molecule has 3 heteroatoms. The van der Waals surface area contributed by atoms with Gasteiger partial charge in [0.15, 0.2) is 0 Å². The van der Waals surface area contributed by atoms with Crippen molar-refractivity contribution in [2.45, 2.75) is 32.7 Å². The molecule has 1 aromatic rings. The zero-order valence-corrected chi connectivity index (χ0v) is 11.4. The van der Waals surface area contributed by atoms with Gasteiger partial charge in [-0.3, -0.25) is 11.3 Å². The van der Waals surface area contributed by atoms with Gasteiger partial charge >= 0.3 is 0 Å². The monoisotopic (exact) mass is 282 g/mol. The van der Waals surface area contributed by atoms with E-state index in [0.717, 1.165) is 6.42 Å². The molecular weight excluding hydrogens is 264 g/mol. The Hall–Kier alpha value is -0.380. The third-order valence-electron chi connectivity index (χ3n) is 3.69. The van der Waals surface area contributed by atoms with E-state index in [9.17, 15) is 0 Å². The van der Waals surface area contributed by atoms with E-state index < -0.39 is 0 Å². The summed E-state index contributed by atoms with van der Waals surface area (Å²) < 4.78 is 1.17. The maximum atomic E-state index is 5.67. The molecular formula is C13H19BrN2. The number of rotatable bonds is 4. The van der Waals surface area contributed by atoms with Gasteiger partial charge in [-0.15, -0.1) is 0 Å². The molecule has 0 heterocycles. The Morgan fingerprint density at radius 2 is 2.12 bits per heavy atom. The fourth-order valence-electron chi connectivity index (χ4n) is 2.41. The molecule has 1 aromatic carbocycles. The van der Waals surface area contributed by atoms with Crippen molar-refractivity contribution in [2.75, 3.05) is 0 Å². The topological polar surface area (TPSA) is 38.0 Å². The van der Waals surface area contributed by atoms with Gasteiger partial charge in [-0.05, 0) is 35.8 Å². The number of hydrazine groups is 1. The Morgan fingerprint density at radius 1 is 1.50 bits per heavy atom. The van der Waals surface area contributed by atoms with Crippen LogP contribution >= 0.6 is 15.9 Å². The number of halogens is 1. The fourth-order valence-corrected chi connectivity index (χ4v) is 2.86. The Labute approximate surface area is 106 Å². The van der Waals surface area contributed by atoms with Crippen molar-refractivity contribution in [3.8, 4) is 0 Å². The first-order valence-corrected chi connectivity index (χ1v) is 6.53. The average Bonchev–Trinajstić information content (AvgIpc) is 2.86. The zero-order valence-electron chi connectivity index (χ0n) is 9.83. The summed E-state index contributed by atoms with van der Waals surface area (Å²) in [6.45, 7) is 4.62. The van der Waals surface area contributed by atoms with Crippen LogP contribution in [0.15, 0.2) is 28.7 Å². The number of benzene rings is 1. The van der Waals surface area contributed by atoms with Crippen LogP contribution in [-0.2, 0) is 6.42 Å². The first kappa shape index (κ1) is 12.1. The van der Waals surface area contributed by atoms with Crippen molar-refractivity contribution in [1.82, 2.24) is 5.43 Å². The predicted octanol–water partition coefficient (Wildman–Crippen LogP) is 2.87. The van der Waals surface area contributed by atoms with E-state index in [1.807, 2.05) is 6.07 Å². The van der Waals surface area contributed by atoms with Crippen molar-refractivity contribution in [3.63, 3.8) is 0 Å². The standard InChI is InChI=1S/C13H19BrN2/c1-13(2)8-10(13)12(16-15)7-9-5-3-4-6-11(9)14/h3-6,10,12,16H,7-8,15H2,1-2H3. The van der Waals surface area contributed by atoms with E-state index in [2.05, 4.69) is 53.4 Å². The summed E-state index contributed by atoms with van der Waals surface area (Å²) in [6, 6.07) is 8.74. The minimum absolute atomic E-state index is 0.383. The highest BCUT2D eigenvalue weighted by atomic mass is 79.9. The summed E-state index contributed by atoms with van der Waals surface area (Å²) in [5, 5.41) is 0. The lowest BCUT2D eigenvalue weighted by Crippen LogP contribution is -2.39. The van der Waals surface area contributed by atoms with E-state index in [1.54, 1.807) is 0 Å². The van der Waals surface area contributed by atoms with Crippen LogP contribution in [0.2, 0.25) is 0 Å². The van der Waals surface area contributed by atoms with Crippen molar-refractivity contribution in [3.05, 3.63) is 34.3 Å². The Kier molecular flexibility index (Phi) is 3.38. The minimum Gasteiger partial charge on any atom is -0.271 e. The molecule has 2 nitrogen and oxygen atoms in total. The molecule has 0 amide bonds. The number of nitrogens with one attached hydrogen (secondary N) is 1. The van der Waals surface area contributed by atoms with Gasteiger partial charge in [0.05, 0.1) is 0 Å². The SMILES string of the molecule is CC1(C)CC1C(Cc1ccccc1Br)NN. The largest absolute Gasteiger partial charge is 0.271 e. The second-order valence-electron chi connectivity index (χ2n) is 5.37. The van der Waals surface area contributed by atoms with Crippen LogP contribution in [0.1, 0.15) is 25.8 Å². The Morgan fingerprint density at radius 3 is 2.62 bits per heavy atom. The summed E-state index contributed by atoms with van der Waals surface area (Å²) in [5.74, 6) is 6.37. The molecule has 0 spiro atoms. The van der Waals surface area contributed by atoms with Crippen LogP contribution in [0, 0.1) is 11.3 Å². The van der Waals surface area contributed by atoms with Gasteiger partial charge < -0.3 is 0 Å². The van der Waals surface area contributed by atoms with Crippen molar-refractivity contribution in [2.24, 2.45) is 17.2 Å². The molecule has 1 aliphatic rings. The highest BCUT2D eigenvalue weighted by Crippen LogP contribution is 2.53. The van der Waals surface area contributed by atoms with Gasteiger partial charge in [0.2, 0.25) is 0 Å². The quantitative estimate of drug-likeness (QED) is 0.658. The fraction of sp³-hybridized carbons (Fsp3) is 0.538. The van der Waals surface area contributed by atoms with Gasteiger partial charge in [0.1, 0.15) is 0 Å². The van der Waals surface area contributed by atoms with Crippen LogP contribution < -0.4 is 11.3 Å². The lowest BCUT2D eigenvalue weighted by atomic mass is 9.98. The van der Waals surface area contributed by atoms with E-state index in [-0.39, 0.29) is 0 Å². The van der Waals surface area contributed by atoms with Crippen molar-refractivity contribution in [1.29, 1.82) is 0 Å². The predicted molar refractivity (Wildman–Crippen MR) is 70.8 cm³/mol. The first-order chi connectivity index (χ1) is 7.54. The molecule has 2 unspecified atom stereocenters. The maximum absolute atomic E-state index is 5.67. The van der Waals surface area contributed by atoms with E-state index >= 15 is 0 Å². The minimum atomic E-state index is 0.383. The molecule has 0 radical (unpaired) electrons. The normalized spacial score (nSPS) is 24.1. The van der Waals surface area contributed by atoms with Crippen molar-refractivity contribution < 1.29 is 0 Å². The second-order valence-corrected chi connectivity index (χ2v) is 6.22. The van der Waals surface area contributed by atoms with Crippen LogP contribution in [0.3, 0.4) is 0 Å². The molecule has 2 rings (SSSR count). The van der Waals surface area contributed by atoms with Gasteiger partial charge in [-0.2, -0.15) is 0 Å². The average molecular weight is 283 g/mol. The summed E-state index contributed by atoms with van der Waals surface area (Å²) in [7, 11) is 0. The number of hydrogen-bond donors (Lipinski definition) is 2. The van der Waals surface area contributed by atoms with Gasteiger partial charge in [0, 0.05) is 10.5 Å². The molecule has 1 fully saturated rings. The van der Waals surface area contributed by atoms with E-state index in [0.29, 0.717) is 17.4 Å². The van der Waals surface area contributed by atoms with Crippen LogP contribution in [0.25, 0.3) is 0 Å². The van der Waals surface area contributed by atoms with Crippen molar-refractivity contribution >= 4 is 15.9 Å². The summed E-state index contributed by atoms with van der Waals surface area (Å²) in [4.78, 5) is 0. The summed E-state index contributed by atoms with van der Waals surface area (Å²) in [6.07, 6.45) is 2.26. The van der Waals surface area contributed by atoms with Gasteiger partial charge in [-0.25, -0.2) is 0 Å². The lowest BCUT2D eigenvalue weighted by Gasteiger charge is -2.18. The van der Waals surface area contributed by atoms with Crippen LogP contribution in [0.4, 0.5) is 0 Å². The molecule has 2 atom stereocenters. The van der Waals surface area contributed by atoms with Gasteiger partial charge in [-0.1, -0.05) is 48.0 Å². The molecule has 0 saturated heterocycles. The molecule has 0 aliphatic heterocycles. The molecule has 88 valence electrons. The van der Waals surface area contributed by atoms with Crippen LogP contribution in [-0.4, -0.2) is 6.04 Å². The number of hydrogen-bond acceptors (Lipinski definition) is 2. The molecule has 0 aromatic heterocycles. The van der Waals surface area contributed by atoms with E-state index in [4.69, 9.17) is 5.84 Å². The third-order valence-corrected chi connectivity index (χ3v) is 4.46. The highest BCUT2D eigenvalue weighted by Gasteiger charge is 2.49. The lowest BCUT2D eigenvalue weighted by molar-refractivity contribution is 0.408. The first-order valence-electron chi connectivity index (χ1n) is 5.74. The Balaban J connectivity index is 2.06. The summed E-state index contributed by atoms with van der Waals surface area (Å²) in [5.41, 5.74) is 4.76. The van der Waals surface area contributed by atoms with Crippen LogP contribution in [0.5, 0.6) is 0 Å². The molecule has 3 N–H and O–H groups in total. The molecule has 1 saturated carbocycles. The zero-order chi connectivity index (χ0) is 11.8. The molecule has 1 aliphatic carbocycles. The smallest absolute Gasteiger partial charge is 0.0284 e. The van der Waals surface area contributed by atoms with E-state index in [1.165, 1.54) is 16.5 Å². The number of nitrogens with two attached hydrogens (primary N) is 1. The highest BCUT2D eigenvalue weighted by molar-refractivity contribution is 9.10. The second kappa shape index (κ2) is 4.47.